The van der Waals surface area contributed by atoms with Crippen LogP contribution in [0.3, 0.4) is 0 Å². The smallest absolute Gasteiger partial charge is 0.0360 e. The third kappa shape index (κ3) is 1.95. The molecule has 0 aromatic rings. The van der Waals surface area contributed by atoms with Gasteiger partial charge in [0.2, 0.25) is 0 Å². The molecule has 0 N–H and O–H groups in total. The van der Waals surface area contributed by atoms with Crippen LogP contribution in [0.25, 0.3) is 0 Å². The summed E-state index contributed by atoms with van der Waals surface area (Å²) in [5, 5.41) is 0. The summed E-state index contributed by atoms with van der Waals surface area (Å²) in [6, 6.07) is 0. The molecule has 0 aromatic carbocycles. The summed E-state index contributed by atoms with van der Waals surface area (Å²) in [6.45, 7) is 10.8. The van der Waals surface area contributed by atoms with Crippen molar-refractivity contribution < 1.29 is 0 Å². The number of allylic oxidation sites excluding steroid dienone is 4. The van der Waals surface area contributed by atoms with Crippen LogP contribution >= 0.6 is 0 Å². The highest BCUT2D eigenvalue weighted by Crippen LogP contribution is 2.53. The van der Waals surface area contributed by atoms with Crippen molar-refractivity contribution in [3.05, 3.63) is 36.6 Å². The van der Waals surface area contributed by atoms with Crippen LogP contribution < -0.4 is 0 Å². The molecule has 1 saturated carbocycles. The van der Waals surface area contributed by atoms with Gasteiger partial charge in [0.05, 0.1) is 0 Å². The van der Waals surface area contributed by atoms with E-state index in [0.29, 0.717) is 5.41 Å². The predicted molar refractivity (Wildman–Crippen MR) is 70.1 cm³/mol. The zero-order chi connectivity index (χ0) is 11.6. The second-order valence-electron chi connectivity index (χ2n) is 5.36. The van der Waals surface area contributed by atoms with Gasteiger partial charge in [-0.15, -0.1) is 0 Å². The first-order chi connectivity index (χ1) is 7.73. The summed E-state index contributed by atoms with van der Waals surface area (Å²) in [5.41, 5.74) is 1.96. The maximum atomic E-state index is 3.90. The van der Waals surface area contributed by atoms with Crippen LogP contribution in [0.1, 0.15) is 33.1 Å². The minimum absolute atomic E-state index is 0.679. The first-order valence-electron chi connectivity index (χ1n) is 6.43. The number of rotatable bonds is 4. The largest absolute Gasteiger partial charge is 0.370 e. The van der Waals surface area contributed by atoms with Crippen molar-refractivity contribution in [2.45, 2.75) is 33.1 Å². The quantitative estimate of drug-likeness (QED) is 0.648. The van der Waals surface area contributed by atoms with E-state index >= 15 is 0 Å². The molecule has 1 spiro atoms. The van der Waals surface area contributed by atoms with E-state index in [1.165, 1.54) is 38.0 Å². The Morgan fingerprint density at radius 3 is 2.62 bits per heavy atom. The molecule has 88 valence electrons. The van der Waals surface area contributed by atoms with Gasteiger partial charge >= 0.3 is 0 Å². The van der Waals surface area contributed by atoms with Crippen molar-refractivity contribution >= 4 is 0 Å². The Labute approximate surface area is 99.5 Å². The molecule has 0 unspecified atom stereocenters. The van der Waals surface area contributed by atoms with Crippen LogP contribution in [0.2, 0.25) is 0 Å². The fourth-order valence-corrected chi connectivity index (χ4v) is 3.16. The lowest BCUT2D eigenvalue weighted by Gasteiger charge is -2.60. The molecule has 1 nitrogen and oxygen atoms in total. The number of hydrogen-bond donors (Lipinski definition) is 0. The monoisotopic (exact) mass is 217 g/mol. The fourth-order valence-electron chi connectivity index (χ4n) is 3.16. The van der Waals surface area contributed by atoms with Gasteiger partial charge < -0.3 is 4.90 Å². The van der Waals surface area contributed by atoms with Gasteiger partial charge in [0.25, 0.3) is 0 Å². The van der Waals surface area contributed by atoms with Crippen LogP contribution in [0.15, 0.2) is 36.6 Å². The van der Waals surface area contributed by atoms with Gasteiger partial charge in [-0.05, 0) is 37.8 Å². The van der Waals surface area contributed by atoms with Crippen molar-refractivity contribution in [1.29, 1.82) is 0 Å². The van der Waals surface area contributed by atoms with E-state index in [1.54, 1.807) is 0 Å². The Kier molecular flexibility index (Phi) is 3.22. The number of likely N-dealkylation sites (tertiary alicyclic amines) is 1. The Morgan fingerprint density at radius 2 is 2.12 bits per heavy atom. The summed E-state index contributed by atoms with van der Waals surface area (Å²) in [7, 11) is 0. The summed E-state index contributed by atoms with van der Waals surface area (Å²) in [4.78, 5) is 2.46. The van der Waals surface area contributed by atoms with E-state index in [1.807, 2.05) is 13.0 Å². The molecule has 0 atom stereocenters. The van der Waals surface area contributed by atoms with E-state index in [0.717, 1.165) is 5.92 Å². The van der Waals surface area contributed by atoms with Crippen LogP contribution in [0.5, 0.6) is 0 Å². The molecule has 0 bridgehead atoms. The zero-order valence-corrected chi connectivity index (χ0v) is 10.6. The van der Waals surface area contributed by atoms with Crippen LogP contribution in [0.4, 0.5) is 0 Å². The predicted octanol–water partition coefficient (Wildman–Crippen LogP) is 3.75. The van der Waals surface area contributed by atoms with E-state index in [9.17, 15) is 0 Å². The SMILES string of the molecule is C=C/C(=C\C=C/C)N1CC2(CC(CC)C2)C1. The molecule has 1 aliphatic carbocycles. The molecule has 0 amide bonds. The molecule has 0 aromatic heterocycles. The minimum Gasteiger partial charge on any atom is -0.370 e. The summed E-state index contributed by atoms with van der Waals surface area (Å²) in [6.07, 6.45) is 12.6. The maximum Gasteiger partial charge on any atom is 0.0360 e. The molecular formula is C15H23N. The van der Waals surface area contributed by atoms with Gasteiger partial charge in [-0.25, -0.2) is 0 Å². The second-order valence-corrected chi connectivity index (χ2v) is 5.36. The van der Waals surface area contributed by atoms with Gasteiger partial charge in [-0.3, -0.25) is 0 Å². The van der Waals surface area contributed by atoms with Gasteiger partial charge in [0.1, 0.15) is 0 Å². The normalized spacial score (nSPS) is 24.6. The lowest BCUT2D eigenvalue weighted by atomic mass is 9.57. The van der Waals surface area contributed by atoms with E-state index < -0.39 is 0 Å². The van der Waals surface area contributed by atoms with Gasteiger partial charge in [0, 0.05) is 24.2 Å². The van der Waals surface area contributed by atoms with Gasteiger partial charge in [0.15, 0.2) is 0 Å². The fraction of sp³-hybridized carbons (Fsp3) is 0.600. The van der Waals surface area contributed by atoms with Crippen molar-refractivity contribution in [1.82, 2.24) is 4.90 Å². The third-order valence-corrected chi connectivity index (χ3v) is 4.11. The van der Waals surface area contributed by atoms with Crippen molar-refractivity contribution in [3.8, 4) is 0 Å². The van der Waals surface area contributed by atoms with Gasteiger partial charge in [-0.1, -0.05) is 32.1 Å². The molecule has 2 aliphatic rings. The molecule has 1 heteroatoms. The Bertz CT molecular complexity index is 310. The zero-order valence-electron chi connectivity index (χ0n) is 10.6. The molecule has 2 fully saturated rings. The summed E-state index contributed by atoms with van der Waals surface area (Å²) < 4.78 is 0. The number of hydrogen-bond acceptors (Lipinski definition) is 1. The van der Waals surface area contributed by atoms with E-state index in [2.05, 4.69) is 36.6 Å². The van der Waals surface area contributed by atoms with Crippen LogP contribution in [-0.2, 0) is 0 Å². The Morgan fingerprint density at radius 1 is 1.44 bits per heavy atom. The molecule has 2 rings (SSSR count). The standard InChI is InChI=1S/C15H23N/c1-4-7-8-14(6-3)16-11-15(12-16)9-13(5-2)10-15/h4,6-8,13H,3,5,9-12H2,1-2H3/b7-4-,14-8+. The molecule has 1 heterocycles. The first-order valence-corrected chi connectivity index (χ1v) is 6.43. The topological polar surface area (TPSA) is 3.24 Å². The highest BCUT2D eigenvalue weighted by atomic mass is 15.2. The van der Waals surface area contributed by atoms with E-state index in [-0.39, 0.29) is 0 Å². The van der Waals surface area contributed by atoms with Crippen molar-refractivity contribution in [2.24, 2.45) is 11.3 Å². The first kappa shape index (κ1) is 11.5. The van der Waals surface area contributed by atoms with Crippen molar-refractivity contribution in [2.75, 3.05) is 13.1 Å². The lowest BCUT2D eigenvalue weighted by molar-refractivity contribution is -0.0760. The second kappa shape index (κ2) is 4.48. The molecule has 0 radical (unpaired) electrons. The minimum atomic E-state index is 0.679. The average molecular weight is 217 g/mol. The molecule has 16 heavy (non-hydrogen) atoms. The lowest BCUT2D eigenvalue weighted by Crippen LogP contribution is -2.61. The highest BCUT2D eigenvalue weighted by molar-refractivity contribution is 5.25. The molecule has 1 saturated heterocycles. The van der Waals surface area contributed by atoms with Crippen LogP contribution in [-0.4, -0.2) is 18.0 Å². The summed E-state index contributed by atoms with van der Waals surface area (Å²) in [5.74, 6) is 1.01. The van der Waals surface area contributed by atoms with Crippen LogP contribution in [0, 0.1) is 11.3 Å². The Hall–Kier alpha value is -0.980. The average Bonchev–Trinajstić information content (AvgIpc) is 2.18. The molecular weight excluding hydrogens is 194 g/mol. The maximum absolute atomic E-state index is 3.90. The van der Waals surface area contributed by atoms with Crippen molar-refractivity contribution in [3.63, 3.8) is 0 Å². The highest BCUT2D eigenvalue weighted by Gasteiger charge is 2.51. The van der Waals surface area contributed by atoms with Gasteiger partial charge in [-0.2, -0.15) is 0 Å². The summed E-state index contributed by atoms with van der Waals surface area (Å²) >= 11 is 0. The Balaban J connectivity index is 1.86. The number of nitrogens with zero attached hydrogens (tertiary/aromatic N) is 1. The molecule has 1 aliphatic heterocycles. The van der Waals surface area contributed by atoms with E-state index in [4.69, 9.17) is 0 Å². The third-order valence-electron chi connectivity index (χ3n) is 4.11.